The Morgan fingerprint density at radius 2 is 2.00 bits per heavy atom. The molecule has 1 atom stereocenters. The number of Topliss-reactive ketones (excluding diaryl/α,β-unsaturated/α-hetero) is 1. The molecule has 0 aliphatic rings. The van der Waals surface area contributed by atoms with Crippen molar-refractivity contribution < 1.29 is 18.0 Å². The molecular formula is C10H8BrF3OS. The topological polar surface area (TPSA) is 17.1 Å². The summed E-state index contributed by atoms with van der Waals surface area (Å²) in [5.74, 6) is -0.420. The number of halogens is 4. The molecule has 0 N–H and O–H groups in total. The molecule has 0 saturated heterocycles. The minimum absolute atomic E-state index is 0.0254. The van der Waals surface area contributed by atoms with Gasteiger partial charge < -0.3 is 0 Å². The zero-order valence-corrected chi connectivity index (χ0v) is 10.7. The van der Waals surface area contributed by atoms with Crippen LogP contribution in [0.2, 0.25) is 0 Å². The van der Waals surface area contributed by atoms with E-state index in [1.54, 1.807) is 6.92 Å². The third-order valence-corrected chi connectivity index (χ3v) is 2.76. The first kappa shape index (κ1) is 13.6. The summed E-state index contributed by atoms with van der Waals surface area (Å²) in [6, 6.07) is 2.90. The fraction of sp³-hybridized carbons (Fsp3) is 0.300. The van der Waals surface area contributed by atoms with Crippen LogP contribution in [0, 0.1) is 0 Å². The largest absolute Gasteiger partial charge is 0.416 e. The highest BCUT2D eigenvalue weighted by Crippen LogP contribution is 2.32. The zero-order chi connectivity index (χ0) is 12.5. The Hall–Kier alpha value is -0.490. The van der Waals surface area contributed by atoms with Crippen LogP contribution in [0.15, 0.2) is 23.1 Å². The molecule has 0 amide bonds. The van der Waals surface area contributed by atoms with Gasteiger partial charge in [-0.15, -0.1) is 12.6 Å². The first-order valence-electron chi connectivity index (χ1n) is 4.32. The van der Waals surface area contributed by atoms with E-state index in [1.807, 2.05) is 0 Å². The fourth-order valence-corrected chi connectivity index (χ4v) is 1.62. The van der Waals surface area contributed by atoms with Crippen molar-refractivity contribution >= 4 is 34.3 Å². The molecule has 0 heterocycles. The zero-order valence-electron chi connectivity index (χ0n) is 8.18. The van der Waals surface area contributed by atoms with Crippen LogP contribution in [0.5, 0.6) is 0 Å². The Morgan fingerprint density at radius 3 is 2.44 bits per heavy atom. The summed E-state index contributed by atoms with van der Waals surface area (Å²) in [6.07, 6.45) is -4.45. The van der Waals surface area contributed by atoms with E-state index in [-0.39, 0.29) is 10.5 Å². The van der Waals surface area contributed by atoms with Crippen LogP contribution in [0.1, 0.15) is 22.8 Å². The number of hydrogen-bond acceptors (Lipinski definition) is 2. The second-order valence-corrected chi connectivity index (χ2v) is 5.07. The van der Waals surface area contributed by atoms with Gasteiger partial charge in [0.1, 0.15) is 0 Å². The van der Waals surface area contributed by atoms with Crippen molar-refractivity contribution in [1.82, 2.24) is 0 Å². The predicted octanol–water partition coefficient (Wildman–Crippen LogP) is 3.96. The van der Waals surface area contributed by atoms with Crippen LogP contribution >= 0.6 is 28.6 Å². The molecule has 1 unspecified atom stereocenters. The number of rotatable bonds is 2. The van der Waals surface area contributed by atoms with Gasteiger partial charge in [-0.2, -0.15) is 13.2 Å². The number of carbonyl (C=O) groups is 1. The second kappa shape index (κ2) is 4.79. The van der Waals surface area contributed by atoms with Crippen LogP contribution in [-0.2, 0) is 6.18 Å². The van der Waals surface area contributed by atoms with Gasteiger partial charge in [0.2, 0.25) is 0 Å². The molecule has 0 aliphatic heterocycles. The van der Waals surface area contributed by atoms with Gasteiger partial charge in [0.05, 0.1) is 10.4 Å². The van der Waals surface area contributed by atoms with Gasteiger partial charge in [0.25, 0.3) is 0 Å². The van der Waals surface area contributed by atoms with E-state index >= 15 is 0 Å². The van der Waals surface area contributed by atoms with Gasteiger partial charge in [-0.1, -0.05) is 15.9 Å². The number of hydrogen-bond donors (Lipinski definition) is 1. The van der Waals surface area contributed by atoms with Crippen molar-refractivity contribution in [3.8, 4) is 0 Å². The lowest BCUT2D eigenvalue weighted by Gasteiger charge is -2.11. The molecule has 88 valence electrons. The molecule has 16 heavy (non-hydrogen) atoms. The molecule has 0 fully saturated rings. The Balaban J connectivity index is 3.25. The van der Waals surface area contributed by atoms with E-state index in [0.29, 0.717) is 0 Å². The maximum absolute atomic E-state index is 12.4. The van der Waals surface area contributed by atoms with Crippen molar-refractivity contribution in [3.63, 3.8) is 0 Å². The molecule has 1 aromatic carbocycles. The standard InChI is InChI=1S/C10H8BrF3OS/c1-5(11)9(15)7-4-6(10(12,13)14)2-3-8(7)16/h2-5,16H,1H3. The summed E-state index contributed by atoms with van der Waals surface area (Å²) in [7, 11) is 0. The Labute approximate surface area is 105 Å². The highest BCUT2D eigenvalue weighted by Gasteiger charge is 2.31. The molecule has 1 aromatic rings. The van der Waals surface area contributed by atoms with Crippen LogP contribution in [0.25, 0.3) is 0 Å². The van der Waals surface area contributed by atoms with E-state index < -0.39 is 22.4 Å². The third-order valence-electron chi connectivity index (χ3n) is 1.95. The summed E-state index contributed by atoms with van der Waals surface area (Å²) in [5, 5.41) is 0. The van der Waals surface area contributed by atoms with Crippen LogP contribution in [0.3, 0.4) is 0 Å². The third kappa shape index (κ3) is 3.01. The first-order chi connectivity index (χ1) is 7.23. The number of benzene rings is 1. The van der Waals surface area contributed by atoms with E-state index in [2.05, 4.69) is 28.6 Å². The molecule has 0 aromatic heterocycles. The van der Waals surface area contributed by atoms with Crippen LogP contribution in [0.4, 0.5) is 13.2 Å². The van der Waals surface area contributed by atoms with Crippen LogP contribution < -0.4 is 0 Å². The molecule has 6 heteroatoms. The lowest BCUT2D eigenvalue weighted by Crippen LogP contribution is -2.13. The van der Waals surface area contributed by atoms with Gasteiger partial charge in [0.15, 0.2) is 5.78 Å². The first-order valence-corrected chi connectivity index (χ1v) is 5.68. The number of carbonyl (C=O) groups excluding carboxylic acids is 1. The minimum Gasteiger partial charge on any atom is -0.293 e. The Kier molecular flexibility index (Phi) is 4.07. The monoisotopic (exact) mass is 312 g/mol. The average molecular weight is 313 g/mol. The fourth-order valence-electron chi connectivity index (χ4n) is 1.12. The van der Waals surface area contributed by atoms with Gasteiger partial charge >= 0.3 is 6.18 Å². The average Bonchev–Trinajstić information content (AvgIpc) is 2.15. The van der Waals surface area contributed by atoms with Crippen molar-refractivity contribution in [3.05, 3.63) is 29.3 Å². The maximum Gasteiger partial charge on any atom is 0.416 e. The quantitative estimate of drug-likeness (QED) is 0.497. The second-order valence-electron chi connectivity index (χ2n) is 3.21. The Morgan fingerprint density at radius 1 is 1.44 bits per heavy atom. The predicted molar refractivity (Wildman–Crippen MR) is 61.4 cm³/mol. The molecule has 0 bridgehead atoms. The summed E-state index contributed by atoms with van der Waals surface area (Å²) < 4.78 is 37.2. The van der Waals surface area contributed by atoms with Gasteiger partial charge in [0, 0.05) is 10.5 Å². The number of alkyl halides is 4. The summed E-state index contributed by atoms with van der Waals surface area (Å²) >= 11 is 6.99. The van der Waals surface area contributed by atoms with Gasteiger partial charge in [-0.05, 0) is 25.1 Å². The Bertz CT molecular complexity index is 415. The molecular weight excluding hydrogens is 305 g/mol. The summed E-state index contributed by atoms with van der Waals surface area (Å²) in [5.41, 5.74) is -0.871. The summed E-state index contributed by atoms with van der Waals surface area (Å²) in [6.45, 7) is 1.55. The van der Waals surface area contributed by atoms with E-state index in [1.165, 1.54) is 6.07 Å². The normalized spacial score (nSPS) is 13.6. The van der Waals surface area contributed by atoms with Crippen molar-refractivity contribution in [2.45, 2.75) is 22.8 Å². The highest BCUT2D eigenvalue weighted by atomic mass is 79.9. The maximum atomic E-state index is 12.4. The van der Waals surface area contributed by atoms with Crippen molar-refractivity contribution in [1.29, 1.82) is 0 Å². The van der Waals surface area contributed by atoms with Gasteiger partial charge in [-0.3, -0.25) is 4.79 Å². The van der Waals surface area contributed by atoms with E-state index in [4.69, 9.17) is 0 Å². The molecule has 0 radical (unpaired) electrons. The molecule has 0 aliphatic carbocycles. The minimum atomic E-state index is -4.45. The molecule has 0 saturated carbocycles. The SMILES string of the molecule is CC(Br)C(=O)c1cc(C(F)(F)F)ccc1S. The summed E-state index contributed by atoms with van der Waals surface area (Å²) in [4.78, 5) is 11.3. The highest BCUT2D eigenvalue weighted by molar-refractivity contribution is 9.10. The number of ketones is 1. The van der Waals surface area contributed by atoms with Crippen molar-refractivity contribution in [2.75, 3.05) is 0 Å². The molecule has 0 spiro atoms. The molecule has 1 nitrogen and oxygen atoms in total. The smallest absolute Gasteiger partial charge is 0.293 e. The van der Waals surface area contributed by atoms with E-state index in [9.17, 15) is 18.0 Å². The van der Waals surface area contributed by atoms with Crippen molar-refractivity contribution in [2.24, 2.45) is 0 Å². The molecule has 1 rings (SSSR count). The number of thiol groups is 1. The lowest BCUT2D eigenvalue weighted by molar-refractivity contribution is -0.137. The van der Waals surface area contributed by atoms with E-state index in [0.717, 1.165) is 12.1 Å². The lowest BCUT2D eigenvalue weighted by atomic mass is 10.1. The van der Waals surface area contributed by atoms with Gasteiger partial charge in [-0.25, -0.2) is 0 Å². The van der Waals surface area contributed by atoms with Crippen LogP contribution in [-0.4, -0.2) is 10.6 Å².